The number of carboxylic acid groups (broad SMARTS) is 1. The van der Waals surface area contributed by atoms with Crippen LogP contribution in [-0.2, 0) is 6.54 Å². The van der Waals surface area contributed by atoms with Crippen LogP contribution in [-0.4, -0.2) is 24.0 Å². The van der Waals surface area contributed by atoms with Gasteiger partial charge in [0.05, 0.1) is 24.6 Å². The predicted octanol–water partition coefficient (Wildman–Crippen LogP) is 0.159. The molecule has 0 saturated carbocycles. The second-order valence-corrected chi connectivity index (χ2v) is 6.45. The van der Waals surface area contributed by atoms with Gasteiger partial charge in [0.2, 0.25) is 0 Å². The average Bonchev–Trinajstić information content (AvgIpc) is 2.79. The van der Waals surface area contributed by atoms with Crippen molar-refractivity contribution in [2.45, 2.75) is 39.2 Å². The Morgan fingerprint density at radius 1 is 1.22 bits per heavy atom. The van der Waals surface area contributed by atoms with Gasteiger partial charge in [-0.25, -0.2) is 0 Å². The van der Waals surface area contributed by atoms with Crippen molar-refractivity contribution < 1.29 is 14.8 Å². The average molecular weight is 314 g/mol. The number of rotatable bonds is 3. The van der Waals surface area contributed by atoms with Crippen molar-refractivity contribution in [3.05, 3.63) is 45.2 Å². The fourth-order valence-electron chi connectivity index (χ4n) is 3.45. The molecule has 5 heteroatoms. The fraction of sp³-hybridized carbons (Fsp3) is 0.444. The van der Waals surface area contributed by atoms with Crippen molar-refractivity contribution in [1.29, 1.82) is 0 Å². The van der Waals surface area contributed by atoms with E-state index >= 15 is 0 Å². The topological polar surface area (TPSA) is 77.4 Å². The van der Waals surface area contributed by atoms with Gasteiger partial charge in [-0.05, 0) is 50.3 Å². The number of carboxylic acids is 1. The number of aryl methyl sites for hydroxylation is 1. The maximum absolute atomic E-state index is 12.8. The molecule has 1 aliphatic heterocycles. The molecule has 0 spiro atoms. The van der Waals surface area contributed by atoms with E-state index < -0.39 is 5.97 Å². The molecule has 1 aromatic heterocycles. The molecule has 2 N–H and O–H groups in total. The molecule has 2 aromatic rings. The van der Waals surface area contributed by atoms with Gasteiger partial charge in [-0.1, -0.05) is 6.07 Å². The number of hydrogen-bond acceptors (Lipinski definition) is 3. The number of fused-ring (bicyclic) bond motifs is 1. The van der Waals surface area contributed by atoms with E-state index in [-0.39, 0.29) is 11.0 Å². The highest BCUT2D eigenvalue weighted by Crippen LogP contribution is 2.13. The molecule has 1 aliphatic rings. The first kappa shape index (κ1) is 15.7. The third kappa shape index (κ3) is 3.29. The number of quaternary nitrogens is 1. The molecule has 5 nitrogen and oxygen atoms in total. The number of aromatic amines is 1. The number of hydrogen-bond donors (Lipinski definition) is 2. The van der Waals surface area contributed by atoms with E-state index in [1.165, 1.54) is 42.7 Å². The van der Waals surface area contributed by atoms with Crippen LogP contribution in [0.3, 0.4) is 0 Å². The largest absolute Gasteiger partial charge is 0.545 e. The van der Waals surface area contributed by atoms with Crippen LogP contribution in [0.1, 0.15) is 47.3 Å². The van der Waals surface area contributed by atoms with Crippen LogP contribution >= 0.6 is 0 Å². The number of aromatic carboxylic acids is 1. The lowest BCUT2D eigenvalue weighted by Gasteiger charge is -2.18. The van der Waals surface area contributed by atoms with Crippen molar-refractivity contribution in [1.82, 2.24) is 4.98 Å². The van der Waals surface area contributed by atoms with Gasteiger partial charge in [-0.2, -0.15) is 0 Å². The van der Waals surface area contributed by atoms with Gasteiger partial charge < -0.3 is 19.8 Å². The maximum atomic E-state index is 12.8. The van der Waals surface area contributed by atoms with E-state index in [9.17, 15) is 14.7 Å². The highest BCUT2D eigenvalue weighted by Gasteiger charge is 2.18. The number of carbonyl (C=O) groups is 1. The normalized spacial score (nSPS) is 16.4. The van der Waals surface area contributed by atoms with E-state index in [0.29, 0.717) is 17.4 Å². The molecule has 1 aromatic carbocycles. The summed E-state index contributed by atoms with van der Waals surface area (Å²) in [5.74, 6) is -1.26. The van der Waals surface area contributed by atoms with E-state index in [1.807, 2.05) is 6.92 Å². The summed E-state index contributed by atoms with van der Waals surface area (Å²) < 4.78 is 0. The molecule has 0 amide bonds. The van der Waals surface area contributed by atoms with Gasteiger partial charge in [0, 0.05) is 16.6 Å². The Labute approximate surface area is 134 Å². The van der Waals surface area contributed by atoms with Crippen LogP contribution in [0.25, 0.3) is 10.9 Å². The monoisotopic (exact) mass is 314 g/mol. The molecule has 0 radical (unpaired) electrons. The van der Waals surface area contributed by atoms with E-state index in [1.54, 1.807) is 6.07 Å². The molecular weight excluding hydrogens is 292 g/mol. The Kier molecular flexibility index (Phi) is 4.48. The molecule has 23 heavy (non-hydrogen) atoms. The summed E-state index contributed by atoms with van der Waals surface area (Å²) in [6, 6.07) is 4.52. The molecule has 1 fully saturated rings. The van der Waals surface area contributed by atoms with Crippen LogP contribution < -0.4 is 15.4 Å². The minimum absolute atomic E-state index is 0.0416. The number of likely N-dealkylation sites (tertiary alicyclic amines) is 1. The zero-order valence-corrected chi connectivity index (χ0v) is 13.4. The highest BCUT2D eigenvalue weighted by atomic mass is 16.4. The molecule has 2 heterocycles. The lowest BCUT2D eigenvalue weighted by Crippen LogP contribution is -3.10. The molecule has 122 valence electrons. The van der Waals surface area contributed by atoms with Crippen LogP contribution in [0.15, 0.2) is 23.0 Å². The molecular formula is C18H22N2O3. The second-order valence-electron chi connectivity index (χ2n) is 6.45. The summed E-state index contributed by atoms with van der Waals surface area (Å²) in [5.41, 5.74) is 2.30. The van der Waals surface area contributed by atoms with Crippen molar-refractivity contribution in [3.63, 3.8) is 0 Å². The lowest BCUT2D eigenvalue weighted by molar-refractivity contribution is -0.913. The Morgan fingerprint density at radius 3 is 2.57 bits per heavy atom. The number of nitrogens with one attached hydrogen (secondary N) is 2. The Bertz CT molecular complexity index is 787. The zero-order chi connectivity index (χ0) is 16.4. The van der Waals surface area contributed by atoms with E-state index in [2.05, 4.69) is 4.98 Å². The van der Waals surface area contributed by atoms with Gasteiger partial charge in [-0.3, -0.25) is 4.79 Å². The first-order chi connectivity index (χ1) is 11.1. The van der Waals surface area contributed by atoms with Crippen molar-refractivity contribution in [2.75, 3.05) is 13.1 Å². The summed E-state index contributed by atoms with van der Waals surface area (Å²) in [4.78, 5) is 28.6. The summed E-state index contributed by atoms with van der Waals surface area (Å²) in [6.07, 6.45) is 4.94. The number of pyridine rings is 1. The summed E-state index contributed by atoms with van der Waals surface area (Å²) in [6.45, 7) is 4.80. The molecule has 0 unspecified atom stereocenters. The van der Waals surface area contributed by atoms with E-state index in [0.717, 1.165) is 24.3 Å². The van der Waals surface area contributed by atoms with Crippen LogP contribution in [0, 0.1) is 6.92 Å². The third-order valence-electron chi connectivity index (χ3n) is 4.79. The summed E-state index contributed by atoms with van der Waals surface area (Å²) in [5, 5.41) is 11.5. The van der Waals surface area contributed by atoms with Crippen LogP contribution in [0.4, 0.5) is 0 Å². The smallest absolute Gasteiger partial charge is 0.198 e. The molecule has 1 saturated heterocycles. The Balaban J connectivity index is 2.02. The third-order valence-corrected chi connectivity index (χ3v) is 4.79. The van der Waals surface area contributed by atoms with Crippen molar-refractivity contribution in [2.24, 2.45) is 0 Å². The first-order valence-corrected chi connectivity index (χ1v) is 8.26. The van der Waals surface area contributed by atoms with E-state index in [4.69, 9.17) is 0 Å². The van der Waals surface area contributed by atoms with Gasteiger partial charge in [0.25, 0.3) is 0 Å². The molecule has 0 bridgehead atoms. The number of carbonyl (C=O) groups excluding carboxylic acids is 1. The molecule has 0 aliphatic carbocycles. The minimum atomic E-state index is -1.26. The number of H-pyrrole nitrogens is 1. The summed E-state index contributed by atoms with van der Waals surface area (Å²) >= 11 is 0. The number of benzene rings is 1. The minimum Gasteiger partial charge on any atom is -0.545 e. The zero-order valence-electron chi connectivity index (χ0n) is 13.4. The van der Waals surface area contributed by atoms with Gasteiger partial charge in [0.1, 0.15) is 6.54 Å². The van der Waals surface area contributed by atoms with Gasteiger partial charge in [0.15, 0.2) is 5.43 Å². The van der Waals surface area contributed by atoms with Crippen LogP contribution in [0.2, 0.25) is 0 Å². The molecule has 3 rings (SSSR count). The predicted molar refractivity (Wildman–Crippen MR) is 86.5 cm³/mol. The standard InChI is InChI=1S/C18H22N2O3/c1-12-15(11-20-8-4-2-3-5-9-20)17(21)14-10-13(18(22)23)6-7-16(14)19-12/h6-7,10H,2-5,8-9,11H2,1H3,(H,19,21)(H,22,23). The first-order valence-electron chi connectivity index (χ1n) is 8.26. The number of aromatic nitrogens is 1. The van der Waals surface area contributed by atoms with Gasteiger partial charge in [-0.15, -0.1) is 0 Å². The van der Waals surface area contributed by atoms with Gasteiger partial charge >= 0.3 is 0 Å². The fourth-order valence-corrected chi connectivity index (χ4v) is 3.45. The highest BCUT2D eigenvalue weighted by molar-refractivity contribution is 5.92. The summed E-state index contributed by atoms with van der Waals surface area (Å²) in [7, 11) is 0. The Morgan fingerprint density at radius 2 is 1.91 bits per heavy atom. The second kappa shape index (κ2) is 6.54. The van der Waals surface area contributed by atoms with Crippen LogP contribution in [0.5, 0.6) is 0 Å². The Hall–Kier alpha value is -2.14. The molecule has 0 atom stereocenters. The maximum Gasteiger partial charge on any atom is 0.198 e. The van der Waals surface area contributed by atoms with Crippen molar-refractivity contribution >= 4 is 16.9 Å². The quantitative estimate of drug-likeness (QED) is 0.847. The van der Waals surface area contributed by atoms with Crippen molar-refractivity contribution in [3.8, 4) is 0 Å². The SMILES string of the molecule is Cc1[nH]c2ccc(C(=O)[O-])cc2c(=O)c1C[NH+]1CCCCCC1. The lowest BCUT2D eigenvalue weighted by atomic mass is 10.1.